The fraction of sp³-hybridized carbons (Fsp3) is 0.500. The third kappa shape index (κ3) is 4.08. The highest BCUT2D eigenvalue weighted by atomic mass is 32.2. The van der Waals surface area contributed by atoms with E-state index in [1.165, 1.54) is 0 Å². The average molecular weight is 384 g/mol. The Hall–Kier alpha value is -2.15. The SMILES string of the molecule is CSc1nccc(N2CCC3(CCC(=O)N(Cc4ccccn4)C3)CC2)n1. The van der Waals surface area contributed by atoms with Crippen LogP contribution < -0.4 is 4.90 Å². The van der Waals surface area contributed by atoms with Gasteiger partial charge in [-0.05, 0) is 49.1 Å². The zero-order valence-electron chi connectivity index (χ0n) is 15.7. The predicted molar refractivity (Wildman–Crippen MR) is 107 cm³/mol. The highest BCUT2D eigenvalue weighted by Crippen LogP contribution is 2.41. The molecule has 2 fully saturated rings. The first-order valence-electron chi connectivity index (χ1n) is 9.47. The van der Waals surface area contributed by atoms with Crippen LogP contribution in [0.3, 0.4) is 0 Å². The molecule has 27 heavy (non-hydrogen) atoms. The summed E-state index contributed by atoms with van der Waals surface area (Å²) in [7, 11) is 0. The molecule has 0 aromatic carbocycles. The molecule has 1 spiro atoms. The van der Waals surface area contributed by atoms with Crippen molar-refractivity contribution in [3.05, 3.63) is 42.4 Å². The van der Waals surface area contributed by atoms with Gasteiger partial charge in [-0.25, -0.2) is 9.97 Å². The smallest absolute Gasteiger partial charge is 0.222 e. The van der Waals surface area contributed by atoms with E-state index in [-0.39, 0.29) is 11.3 Å². The zero-order valence-corrected chi connectivity index (χ0v) is 16.5. The number of nitrogens with zero attached hydrogens (tertiary/aromatic N) is 5. The number of likely N-dealkylation sites (tertiary alicyclic amines) is 1. The number of hydrogen-bond donors (Lipinski definition) is 0. The lowest BCUT2D eigenvalue weighted by Gasteiger charge is -2.47. The molecular weight excluding hydrogens is 358 g/mol. The zero-order chi connectivity index (χ0) is 18.7. The first kappa shape index (κ1) is 18.2. The average Bonchev–Trinajstić information content (AvgIpc) is 2.72. The van der Waals surface area contributed by atoms with Gasteiger partial charge >= 0.3 is 0 Å². The number of anilines is 1. The van der Waals surface area contributed by atoms with E-state index < -0.39 is 0 Å². The van der Waals surface area contributed by atoms with Crippen LogP contribution in [-0.4, -0.2) is 51.6 Å². The molecule has 4 heterocycles. The molecule has 0 unspecified atom stereocenters. The van der Waals surface area contributed by atoms with Gasteiger partial charge in [-0.2, -0.15) is 0 Å². The lowest BCUT2D eigenvalue weighted by molar-refractivity contribution is -0.139. The molecule has 2 aliphatic rings. The van der Waals surface area contributed by atoms with Crippen LogP contribution in [0.1, 0.15) is 31.4 Å². The highest BCUT2D eigenvalue weighted by Gasteiger charge is 2.41. The molecule has 2 saturated heterocycles. The highest BCUT2D eigenvalue weighted by molar-refractivity contribution is 7.98. The van der Waals surface area contributed by atoms with Crippen LogP contribution in [0.4, 0.5) is 5.82 Å². The summed E-state index contributed by atoms with van der Waals surface area (Å²) in [5.41, 5.74) is 1.19. The summed E-state index contributed by atoms with van der Waals surface area (Å²) in [6.45, 7) is 3.43. The maximum absolute atomic E-state index is 12.4. The molecule has 2 aromatic heterocycles. The standard InChI is InChI=1S/C20H25N5OS/c1-27-19-22-11-6-17(23-19)24-12-8-20(9-13-24)7-5-18(26)25(15-20)14-16-4-2-3-10-21-16/h2-4,6,10-11H,5,7-9,12-15H2,1H3. The Morgan fingerprint density at radius 3 is 2.70 bits per heavy atom. The molecule has 0 aliphatic carbocycles. The van der Waals surface area contributed by atoms with Crippen LogP contribution in [0.25, 0.3) is 0 Å². The minimum atomic E-state index is 0.231. The van der Waals surface area contributed by atoms with E-state index in [0.29, 0.717) is 13.0 Å². The summed E-state index contributed by atoms with van der Waals surface area (Å²) < 4.78 is 0. The molecule has 2 aromatic rings. The summed E-state index contributed by atoms with van der Waals surface area (Å²) >= 11 is 1.57. The second-order valence-corrected chi connectivity index (χ2v) is 8.23. The van der Waals surface area contributed by atoms with Gasteiger partial charge in [0.2, 0.25) is 5.91 Å². The largest absolute Gasteiger partial charge is 0.356 e. The number of carbonyl (C=O) groups is 1. The number of pyridine rings is 1. The molecule has 0 saturated carbocycles. The van der Waals surface area contributed by atoms with Crippen molar-refractivity contribution < 1.29 is 4.79 Å². The Kier molecular flexibility index (Phi) is 5.29. The van der Waals surface area contributed by atoms with Crippen LogP contribution >= 0.6 is 11.8 Å². The number of hydrogen-bond acceptors (Lipinski definition) is 6. The van der Waals surface area contributed by atoms with Gasteiger partial charge in [0, 0.05) is 38.4 Å². The fourth-order valence-electron chi connectivity index (χ4n) is 4.16. The van der Waals surface area contributed by atoms with Gasteiger partial charge in [-0.15, -0.1) is 0 Å². The van der Waals surface area contributed by atoms with Gasteiger partial charge in [-0.1, -0.05) is 17.8 Å². The number of piperidine rings is 2. The van der Waals surface area contributed by atoms with Crippen LogP contribution in [0, 0.1) is 5.41 Å². The second kappa shape index (κ2) is 7.84. The lowest BCUT2D eigenvalue weighted by Crippen LogP contribution is -2.51. The Labute approximate surface area is 164 Å². The Balaban J connectivity index is 1.41. The van der Waals surface area contributed by atoms with E-state index in [9.17, 15) is 4.79 Å². The van der Waals surface area contributed by atoms with Crippen molar-refractivity contribution in [2.45, 2.75) is 37.4 Å². The van der Waals surface area contributed by atoms with E-state index in [1.54, 1.807) is 18.0 Å². The third-order valence-electron chi connectivity index (χ3n) is 5.78. The van der Waals surface area contributed by atoms with Crippen molar-refractivity contribution in [3.63, 3.8) is 0 Å². The molecule has 0 radical (unpaired) electrons. The maximum Gasteiger partial charge on any atom is 0.222 e. The normalized spacial score (nSPS) is 19.5. The van der Waals surface area contributed by atoms with Crippen molar-refractivity contribution >= 4 is 23.5 Å². The molecule has 6 nitrogen and oxygen atoms in total. The van der Waals surface area contributed by atoms with E-state index in [1.807, 2.05) is 41.6 Å². The number of carbonyl (C=O) groups excluding carboxylic acids is 1. The van der Waals surface area contributed by atoms with Crippen LogP contribution in [0.15, 0.2) is 41.8 Å². The minimum absolute atomic E-state index is 0.231. The molecule has 1 amide bonds. The van der Waals surface area contributed by atoms with Crippen molar-refractivity contribution in [1.82, 2.24) is 19.9 Å². The van der Waals surface area contributed by atoms with Crippen molar-refractivity contribution in [2.24, 2.45) is 5.41 Å². The molecular formula is C20H25N5OS. The molecule has 0 bridgehead atoms. The van der Waals surface area contributed by atoms with Gasteiger partial charge in [0.1, 0.15) is 5.82 Å². The predicted octanol–water partition coefficient (Wildman–Crippen LogP) is 3.00. The molecule has 142 valence electrons. The third-order valence-corrected chi connectivity index (χ3v) is 6.34. The quantitative estimate of drug-likeness (QED) is 0.597. The van der Waals surface area contributed by atoms with Crippen LogP contribution in [-0.2, 0) is 11.3 Å². The van der Waals surface area contributed by atoms with E-state index in [4.69, 9.17) is 0 Å². The summed E-state index contributed by atoms with van der Waals surface area (Å²) in [5, 5.41) is 0.817. The molecule has 2 aliphatic heterocycles. The van der Waals surface area contributed by atoms with Crippen molar-refractivity contribution in [1.29, 1.82) is 0 Å². The van der Waals surface area contributed by atoms with Gasteiger partial charge < -0.3 is 9.80 Å². The van der Waals surface area contributed by atoms with Crippen molar-refractivity contribution in [2.75, 3.05) is 30.8 Å². The first-order valence-corrected chi connectivity index (χ1v) is 10.7. The lowest BCUT2D eigenvalue weighted by atomic mass is 9.72. The Bertz CT molecular complexity index is 792. The summed E-state index contributed by atoms with van der Waals surface area (Å²) in [6.07, 6.45) is 9.47. The van der Waals surface area contributed by atoms with Crippen molar-refractivity contribution in [3.8, 4) is 0 Å². The number of amides is 1. The summed E-state index contributed by atoms with van der Waals surface area (Å²) in [4.78, 5) is 30.1. The molecule has 7 heteroatoms. The van der Waals surface area contributed by atoms with E-state index in [2.05, 4.69) is 19.9 Å². The van der Waals surface area contributed by atoms with E-state index in [0.717, 1.165) is 55.6 Å². The summed E-state index contributed by atoms with van der Waals surface area (Å²) in [6, 6.07) is 7.88. The molecule has 0 N–H and O–H groups in total. The van der Waals surface area contributed by atoms with Gasteiger partial charge in [0.05, 0.1) is 12.2 Å². The summed E-state index contributed by atoms with van der Waals surface area (Å²) in [5.74, 6) is 1.27. The fourth-order valence-corrected chi connectivity index (χ4v) is 4.51. The Morgan fingerprint density at radius 1 is 1.11 bits per heavy atom. The number of rotatable bonds is 4. The number of thioether (sulfide) groups is 1. The van der Waals surface area contributed by atoms with Gasteiger partial charge in [-0.3, -0.25) is 9.78 Å². The van der Waals surface area contributed by atoms with Crippen LogP contribution in [0.5, 0.6) is 0 Å². The number of aromatic nitrogens is 3. The molecule has 0 atom stereocenters. The van der Waals surface area contributed by atoms with Crippen LogP contribution in [0.2, 0.25) is 0 Å². The minimum Gasteiger partial charge on any atom is -0.356 e. The van der Waals surface area contributed by atoms with Gasteiger partial charge in [0.25, 0.3) is 0 Å². The Morgan fingerprint density at radius 2 is 1.96 bits per heavy atom. The first-order chi connectivity index (χ1) is 13.2. The monoisotopic (exact) mass is 383 g/mol. The van der Waals surface area contributed by atoms with Gasteiger partial charge in [0.15, 0.2) is 5.16 Å². The molecule has 4 rings (SSSR count). The maximum atomic E-state index is 12.4. The second-order valence-electron chi connectivity index (χ2n) is 7.46. The van der Waals surface area contributed by atoms with E-state index >= 15 is 0 Å². The topological polar surface area (TPSA) is 62.2 Å².